The van der Waals surface area contributed by atoms with Crippen molar-refractivity contribution >= 4 is 32.8 Å². The molecule has 5 rings (SSSR count). The zero-order valence-electron chi connectivity index (χ0n) is 16.5. The van der Waals surface area contributed by atoms with E-state index in [1.54, 1.807) is 12.1 Å². The third kappa shape index (κ3) is 4.36. The first kappa shape index (κ1) is 20.0. The quantitative estimate of drug-likeness (QED) is 0.560. The summed E-state index contributed by atoms with van der Waals surface area (Å²) in [7, 11) is -3.20. The van der Waals surface area contributed by atoms with E-state index < -0.39 is 14.9 Å². The molecular formula is C18H26N6O4S. The molecule has 29 heavy (non-hydrogen) atoms. The van der Waals surface area contributed by atoms with E-state index in [1.165, 1.54) is 16.6 Å². The molecule has 0 spiro atoms. The molecule has 1 aromatic rings. The number of hydrazone groups is 1. The number of nitro benzene ring substituents is 1. The molecule has 4 heterocycles. The summed E-state index contributed by atoms with van der Waals surface area (Å²) in [5, 5.41) is 16.0. The molecule has 10 nitrogen and oxygen atoms in total. The van der Waals surface area contributed by atoms with Crippen LogP contribution in [0.5, 0.6) is 0 Å². The van der Waals surface area contributed by atoms with Gasteiger partial charge in [0.15, 0.2) is 0 Å². The van der Waals surface area contributed by atoms with Crippen LogP contribution in [0.25, 0.3) is 0 Å². The molecule has 0 saturated carbocycles. The lowest BCUT2D eigenvalue weighted by Crippen LogP contribution is -2.48. The molecule has 4 aliphatic rings. The maximum atomic E-state index is 11.7. The van der Waals surface area contributed by atoms with Crippen molar-refractivity contribution in [1.29, 1.82) is 0 Å². The standard InChI is InChI=1S/C18H26N6O4S/c1-29(27,28)23-10-8-22(9-11-23)15-2-3-18(24(25)26)16(12-15)19-20-17-13-21-6-4-14(17)5-7-21/h2-3,12,14,19H,4-11,13H2,1H3. The van der Waals surface area contributed by atoms with Gasteiger partial charge in [0.05, 0.1) is 16.9 Å². The van der Waals surface area contributed by atoms with E-state index >= 15 is 0 Å². The van der Waals surface area contributed by atoms with Gasteiger partial charge in [-0.1, -0.05) is 0 Å². The van der Waals surface area contributed by atoms with Gasteiger partial charge in [-0.25, -0.2) is 8.42 Å². The number of rotatable bonds is 5. The monoisotopic (exact) mass is 422 g/mol. The molecule has 1 aromatic carbocycles. The number of anilines is 2. The topological polar surface area (TPSA) is 111 Å². The first-order chi connectivity index (χ1) is 13.8. The Hall–Kier alpha value is -2.24. The molecule has 0 amide bonds. The Balaban J connectivity index is 1.52. The fraction of sp³-hybridized carbons (Fsp3) is 0.611. The van der Waals surface area contributed by atoms with Crippen molar-refractivity contribution in [3.05, 3.63) is 28.3 Å². The minimum atomic E-state index is -3.20. The van der Waals surface area contributed by atoms with Crippen molar-refractivity contribution in [3.63, 3.8) is 0 Å². The SMILES string of the molecule is CS(=O)(=O)N1CCN(c2ccc([N+](=O)[O-])c(NN=C3CN4CCC3CC4)c2)CC1. The van der Waals surface area contributed by atoms with Crippen LogP contribution < -0.4 is 10.3 Å². The van der Waals surface area contributed by atoms with Crippen LogP contribution in [0.15, 0.2) is 23.3 Å². The number of benzene rings is 1. The summed E-state index contributed by atoms with van der Waals surface area (Å²) in [4.78, 5) is 15.4. The number of piperidine rings is 3. The number of sulfonamides is 1. The average molecular weight is 423 g/mol. The van der Waals surface area contributed by atoms with Crippen molar-refractivity contribution in [3.8, 4) is 0 Å². The van der Waals surface area contributed by atoms with Crippen LogP contribution >= 0.6 is 0 Å². The van der Waals surface area contributed by atoms with Crippen LogP contribution in [-0.4, -0.2) is 80.3 Å². The minimum absolute atomic E-state index is 0.0193. The van der Waals surface area contributed by atoms with Gasteiger partial charge >= 0.3 is 0 Å². The molecule has 0 aromatic heterocycles. The van der Waals surface area contributed by atoms with Crippen molar-refractivity contribution < 1.29 is 13.3 Å². The number of hydrogen-bond acceptors (Lipinski definition) is 8. The van der Waals surface area contributed by atoms with E-state index in [1.807, 2.05) is 4.90 Å². The van der Waals surface area contributed by atoms with E-state index in [4.69, 9.17) is 0 Å². The number of nitro groups is 1. The van der Waals surface area contributed by atoms with Gasteiger partial charge in [0.1, 0.15) is 5.69 Å². The first-order valence-electron chi connectivity index (χ1n) is 9.84. The van der Waals surface area contributed by atoms with E-state index in [-0.39, 0.29) is 5.69 Å². The van der Waals surface area contributed by atoms with Crippen LogP contribution in [0, 0.1) is 16.0 Å². The van der Waals surface area contributed by atoms with Crippen LogP contribution in [0.2, 0.25) is 0 Å². The number of piperazine rings is 1. The van der Waals surface area contributed by atoms with Crippen LogP contribution in [0.4, 0.5) is 17.1 Å². The Kier molecular flexibility index (Phi) is 5.45. The lowest BCUT2D eigenvalue weighted by molar-refractivity contribution is -0.383. The highest BCUT2D eigenvalue weighted by molar-refractivity contribution is 7.88. The van der Waals surface area contributed by atoms with Crippen molar-refractivity contribution in [1.82, 2.24) is 9.21 Å². The van der Waals surface area contributed by atoms with Gasteiger partial charge in [0, 0.05) is 50.4 Å². The molecule has 0 atom stereocenters. The third-order valence-corrected chi connectivity index (χ3v) is 7.32. The Labute approximate surface area is 170 Å². The number of fused-ring (bicyclic) bond motifs is 3. The summed E-state index contributed by atoms with van der Waals surface area (Å²) in [6, 6.07) is 4.93. The molecule has 1 N–H and O–H groups in total. The second-order valence-corrected chi connectivity index (χ2v) is 9.86. The van der Waals surface area contributed by atoms with Crippen molar-refractivity contribution in [2.24, 2.45) is 11.0 Å². The summed E-state index contributed by atoms with van der Waals surface area (Å²) in [5.74, 6) is 0.457. The minimum Gasteiger partial charge on any atom is -0.369 e. The summed E-state index contributed by atoms with van der Waals surface area (Å²) in [5.41, 5.74) is 5.17. The predicted molar refractivity (Wildman–Crippen MR) is 112 cm³/mol. The zero-order chi connectivity index (χ0) is 20.6. The molecule has 4 fully saturated rings. The summed E-state index contributed by atoms with van der Waals surface area (Å²) in [6.45, 7) is 4.89. The lowest BCUT2D eigenvalue weighted by atomic mass is 9.87. The van der Waals surface area contributed by atoms with Crippen LogP contribution in [0.3, 0.4) is 0 Å². The van der Waals surface area contributed by atoms with Gasteiger partial charge in [0.25, 0.3) is 5.69 Å². The summed E-state index contributed by atoms with van der Waals surface area (Å²) in [6.07, 6.45) is 3.39. The molecule has 0 radical (unpaired) electrons. The largest absolute Gasteiger partial charge is 0.369 e. The Morgan fingerprint density at radius 1 is 1.14 bits per heavy atom. The predicted octanol–water partition coefficient (Wildman–Crippen LogP) is 1.17. The Bertz CT molecular complexity index is 918. The average Bonchev–Trinajstić information content (AvgIpc) is 2.72. The van der Waals surface area contributed by atoms with Crippen molar-refractivity contribution in [2.45, 2.75) is 12.8 Å². The third-order valence-electron chi connectivity index (χ3n) is 6.01. The molecule has 0 aliphatic carbocycles. The first-order valence-corrected chi connectivity index (χ1v) is 11.7. The van der Waals surface area contributed by atoms with Gasteiger partial charge in [-0.05, 0) is 38.1 Å². The molecular weight excluding hydrogens is 396 g/mol. The van der Waals surface area contributed by atoms with E-state index in [2.05, 4.69) is 15.4 Å². The normalized spacial score (nSPS) is 26.7. The smallest absolute Gasteiger partial charge is 0.294 e. The number of nitrogens with one attached hydrogen (secondary N) is 1. The molecule has 2 bridgehead atoms. The van der Waals surface area contributed by atoms with Gasteiger partial charge in [0.2, 0.25) is 10.0 Å². The highest BCUT2D eigenvalue weighted by Crippen LogP contribution is 2.31. The van der Waals surface area contributed by atoms with Crippen LogP contribution in [0.1, 0.15) is 12.8 Å². The zero-order valence-corrected chi connectivity index (χ0v) is 17.3. The van der Waals surface area contributed by atoms with E-state index in [9.17, 15) is 18.5 Å². The number of hydrogen-bond donors (Lipinski definition) is 1. The second-order valence-electron chi connectivity index (χ2n) is 7.87. The van der Waals surface area contributed by atoms with Gasteiger partial charge in [-0.15, -0.1) is 0 Å². The van der Waals surface area contributed by atoms with Crippen molar-refractivity contribution in [2.75, 3.05) is 62.4 Å². The molecule has 4 aliphatic heterocycles. The lowest BCUT2D eigenvalue weighted by Gasteiger charge is -2.39. The van der Waals surface area contributed by atoms with Gasteiger partial charge < -0.3 is 4.90 Å². The maximum absolute atomic E-state index is 11.7. The Morgan fingerprint density at radius 3 is 2.38 bits per heavy atom. The summed E-state index contributed by atoms with van der Waals surface area (Å²) >= 11 is 0. The molecule has 4 saturated heterocycles. The van der Waals surface area contributed by atoms with E-state index in [0.29, 0.717) is 37.8 Å². The molecule has 0 unspecified atom stereocenters. The molecule has 158 valence electrons. The van der Waals surface area contributed by atoms with Gasteiger partial charge in [-0.3, -0.25) is 20.4 Å². The summed E-state index contributed by atoms with van der Waals surface area (Å²) < 4.78 is 24.8. The Morgan fingerprint density at radius 2 is 1.83 bits per heavy atom. The maximum Gasteiger partial charge on any atom is 0.294 e. The fourth-order valence-electron chi connectivity index (χ4n) is 4.29. The van der Waals surface area contributed by atoms with E-state index in [0.717, 1.165) is 43.9 Å². The van der Waals surface area contributed by atoms with Crippen LogP contribution in [-0.2, 0) is 10.0 Å². The number of nitrogens with zero attached hydrogens (tertiary/aromatic N) is 5. The fourth-order valence-corrected chi connectivity index (χ4v) is 5.12. The highest BCUT2D eigenvalue weighted by atomic mass is 32.2. The second kappa shape index (κ2) is 7.88. The molecule has 11 heteroatoms. The van der Waals surface area contributed by atoms with Gasteiger partial charge in [-0.2, -0.15) is 9.41 Å². The highest BCUT2D eigenvalue weighted by Gasteiger charge is 2.31.